The number of carbonyl (C=O) groups is 1. The van der Waals surface area contributed by atoms with Gasteiger partial charge in [0.05, 0.1) is 0 Å². The Balaban J connectivity index is 1.77. The lowest BCUT2D eigenvalue weighted by Crippen LogP contribution is -2.32. The summed E-state index contributed by atoms with van der Waals surface area (Å²) in [5.74, 6) is -0.263. The zero-order valence-electron chi connectivity index (χ0n) is 14.5. The predicted molar refractivity (Wildman–Crippen MR) is 96.8 cm³/mol. The maximum atomic E-state index is 13.9. The lowest BCUT2D eigenvalue weighted by molar-refractivity contribution is 0.0523. The Morgan fingerprint density at radius 1 is 1.16 bits per heavy atom. The molecule has 3 aromatic rings. The van der Waals surface area contributed by atoms with Crippen LogP contribution in [0.1, 0.15) is 26.3 Å². The van der Waals surface area contributed by atoms with E-state index in [0.717, 1.165) is 22.2 Å². The third kappa shape index (κ3) is 4.18. The SMILES string of the molecule is CC(C)(C)OC(=O)NCc1ccc2cc(-c3ccccc3F)[nH]c2c1. The van der Waals surface area contributed by atoms with Crippen LogP contribution in [0, 0.1) is 5.82 Å². The van der Waals surface area contributed by atoms with Gasteiger partial charge >= 0.3 is 6.09 Å². The summed E-state index contributed by atoms with van der Waals surface area (Å²) in [6, 6.07) is 14.4. The smallest absolute Gasteiger partial charge is 0.407 e. The molecule has 0 atom stereocenters. The maximum absolute atomic E-state index is 13.9. The molecule has 0 bridgehead atoms. The number of halogens is 1. The molecule has 0 fully saturated rings. The van der Waals surface area contributed by atoms with Crippen LogP contribution in [-0.4, -0.2) is 16.7 Å². The second kappa shape index (κ2) is 6.59. The number of aromatic amines is 1. The molecule has 1 aromatic heterocycles. The van der Waals surface area contributed by atoms with E-state index in [2.05, 4.69) is 10.3 Å². The van der Waals surface area contributed by atoms with Gasteiger partial charge in [-0.15, -0.1) is 0 Å². The van der Waals surface area contributed by atoms with Crippen LogP contribution in [0.15, 0.2) is 48.5 Å². The molecule has 130 valence electrons. The zero-order chi connectivity index (χ0) is 18.0. The van der Waals surface area contributed by atoms with Crippen molar-refractivity contribution in [1.82, 2.24) is 10.3 Å². The highest BCUT2D eigenvalue weighted by atomic mass is 19.1. The number of rotatable bonds is 3. The molecule has 0 saturated heterocycles. The highest BCUT2D eigenvalue weighted by Gasteiger charge is 2.15. The van der Waals surface area contributed by atoms with Gasteiger partial charge in [0.2, 0.25) is 0 Å². The summed E-state index contributed by atoms with van der Waals surface area (Å²) in [6.07, 6.45) is -0.453. The Hall–Kier alpha value is -2.82. The van der Waals surface area contributed by atoms with Gasteiger partial charge in [0, 0.05) is 28.7 Å². The normalized spacial score (nSPS) is 11.5. The van der Waals surface area contributed by atoms with Crippen molar-refractivity contribution in [2.24, 2.45) is 0 Å². The summed E-state index contributed by atoms with van der Waals surface area (Å²) in [5, 5.41) is 3.72. The van der Waals surface area contributed by atoms with Crippen molar-refractivity contribution in [2.75, 3.05) is 0 Å². The van der Waals surface area contributed by atoms with Gasteiger partial charge in [0.15, 0.2) is 0 Å². The Labute approximate surface area is 146 Å². The standard InChI is InChI=1S/C20H21FN2O2/c1-20(2,3)25-19(24)22-12-13-8-9-14-11-18(23-17(14)10-13)15-6-4-5-7-16(15)21/h4-11,23H,12H2,1-3H3,(H,22,24). The van der Waals surface area contributed by atoms with Gasteiger partial charge in [0.25, 0.3) is 0 Å². The van der Waals surface area contributed by atoms with Crippen molar-refractivity contribution in [1.29, 1.82) is 0 Å². The first-order chi connectivity index (χ1) is 11.8. The molecular weight excluding hydrogens is 319 g/mol. The number of benzene rings is 2. The van der Waals surface area contributed by atoms with E-state index in [1.807, 2.05) is 45.0 Å². The minimum Gasteiger partial charge on any atom is -0.444 e. The third-order valence-electron chi connectivity index (χ3n) is 3.69. The Bertz CT molecular complexity index is 909. The summed E-state index contributed by atoms with van der Waals surface area (Å²) in [4.78, 5) is 15.0. The fourth-order valence-corrected chi connectivity index (χ4v) is 2.60. The fourth-order valence-electron chi connectivity index (χ4n) is 2.60. The molecule has 0 aliphatic carbocycles. The van der Waals surface area contributed by atoms with Crippen LogP contribution < -0.4 is 5.32 Å². The summed E-state index contributed by atoms with van der Waals surface area (Å²) in [6.45, 7) is 5.82. The summed E-state index contributed by atoms with van der Waals surface area (Å²) in [5.41, 5.74) is 2.56. The molecule has 25 heavy (non-hydrogen) atoms. The molecule has 0 saturated carbocycles. The van der Waals surface area contributed by atoms with Crippen LogP contribution in [-0.2, 0) is 11.3 Å². The lowest BCUT2D eigenvalue weighted by Gasteiger charge is -2.19. The predicted octanol–water partition coefficient (Wildman–Crippen LogP) is 5.00. The van der Waals surface area contributed by atoms with E-state index >= 15 is 0 Å². The van der Waals surface area contributed by atoms with Crippen molar-refractivity contribution in [2.45, 2.75) is 32.9 Å². The Kier molecular flexibility index (Phi) is 4.49. The molecule has 3 rings (SSSR count). The second-order valence-corrected chi connectivity index (χ2v) is 6.94. The number of nitrogens with one attached hydrogen (secondary N) is 2. The van der Waals surface area contributed by atoms with Gasteiger partial charge in [-0.2, -0.15) is 0 Å². The van der Waals surface area contributed by atoms with Crippen molar-refractivity contribution in [3.8, 4) is 11.3 Å². The number of carbonyl (C=O) groups excluding carboxylic acids is 1. The molecule has 4 nitrogen and oxygen atoms in total. The second-order valence-electron chi connectivity index (χ2n) is 6.94. The minimum absolute atomic E-state index is 0.263. The molecule has 2 aromatic carbocycles. The van der Waals surface area contributed by atoms with Crippen LogP contribution >= 0.6 is 0 Å². The van der Waals surface area contributed by atoms with E-state index in [0.29, 0.717) is 12.1 Å². The van der Waals surface area contributed by atoms with Gasteiger partial charge in [-0.1, -0.05) is 24.3 Å². The molecule has 2 N–H and O–H groups in total. The summed E-state index contributed by atoms with van der Waals surface area (Å²) >= 11 is 0. The number of fused-ring (bicyclic) bond motifs is 1. The summed E-state index contributed by atoms with van der Waals surface area (Å²) in [7, 11) is 0. The molecule has 0 aliphatic heterocycles. The number of hydrogen-bond acceptors (Lipinski definition) is 2. The lowest BCUT2D eigenvalue weighted by atomic mass is 10.1. The van der Waals surface area contributed by atoms with Gasteiger partial charge in [0.1, 0.15) is 11.4 Å². The molecule has 5 heteroatoms. The third-order valence-corrected chi connectivity index (χ3v) is 3.69. The van der Waals surface area contributed by atoms with Crippen LogP contribution in [0.5, 0.6) is 0 Å². The number of hydrogen-bond donors (Lipinski definition) is 2. The topological polar surface area (TPSA) is 54.1 Å². The van der Waals surface area contributed by atoms with E-state index in [-0.39, 0.29) is 5.82 Å². The van der Waals surface area contributed by atoms with E-state index in [1.54, 1.807) is 18.2 Å². The highest BCUT2D eigenvalue weighted by molar-refractivity contribution is 5.86. The largest absolute Gasteiger partial charge is 0.444 e. The quantitative estimate of drug-likeness (QED) is 0.705. The molecule has 1 heterocycles. The van der Waals surface area contributed by atoms with Crippen LogP contribution in [0.2, 0.25) is 0 Å². The number of alkyl carbamates (subject to hydrolysis) is 1. The van der Waals surface area contributed by atoms with E-state index in [4.69, 9.17) is 4.74 Å². The van der Waals surface area contributed by atoms with E-state index < -0.39 is 11.7 Å². The van der Waals surface area contributed by atoms with E-state index in [1.165, 1.54) is 6.07 Å². The number of aromatic nitrogens is 1. The first-order valence-electron chi connectivity index (χ1n) is 8.15. The summed E-state index contributed by atoms with van der Waals surface area (Å²) < 4.78 is 19.2. The molecule has 0 radical (unpaired) electrons. The Morgan fingerprint density at radius 3 is 2.64 bits per heavy atom. The van der Waals surface area contributed by atoms with Crippen molar-refractivity contribution >= 4 is 17.0 Å². The highest BCUT2D eigenvalue weighted by Crippen LogP contribution is 2.26. The minimum atomic E-state index is -0.526. The van der Waals surface area contributed by atoms with Crippen molar-refractivity contribution < 1.29 is 13.9 Å². The number of amides is 1. The van der Waals surface area contributed by atoms with E-state index in [9.17, 15) is 9.18 Å². The maximum Gasteiger partial charge on any atom is 0.407 e. The van der Waals surface area contributed by atoms with Gasteiger partial charge in [-0.25, -0.2) is 9.18 Å². The van der Waals surface area contributed by atoms with Crippen molar-refractivity contribution in [3.63, 3.8) is 0 Å². The first-order valence-corrected chi connectivity index (χ1v) is 8.15. The Morgan fingerprint density at radius 2 is 1.92 bits per heavy atom. The number of H-pyrrole nitrogens is 1. The first kappa shape index (κ1) is 17.0. The average molecular weight is 340 g/mol. The van der Waals surface area contributed by atoms with Gasteiger partial charge < -0.3 is 15.0 Å². The average Bonchev–Trinajstić information content (AvgIpc) is 2.94. The van der Waals surface area contributed by atoms with Crippen LogP contribution in [0.25, 0.3) is 22.2 Å². The molecule has 0 spiro atoms. The number of ether oxygens (including phenoxy) is 1. The van der Waals surface area contributed by atoms with Crippen molar-refractivity contribution in [3.05, 3.63) is 59.9 Å². The van der Waals surface area contributed by atoms with Gasteiger partial charge in [-0.05, 0) is 50.6 Å². The van der Waals surface area contributed by atoms with Crippen LogP contribution in [0.4, 0.5) is 9.18 Å². The monoisotopic (exact) mass is 340 g/mol. The van der Waals surface area contributed by atoms with Crippen LogP contribution in [0.3, 0.4) is 0 Å². The zero-order valence-corrected chi connectivity index (χ0v) is 14.5. The molecule has 0 unspecified atom stereocenters. The molecule has 1 amide bonds. The van der Waals surface area contributed by atoms with Gasteiger partial charge in [-0.3, -0.25) is 0 Å². The fraction of sp³-hybridized carbons (Fsp3) is 0.250. The molecule has 0 aliphatic rings. The molecular formula is C20H21FN2O2.